The van der Waals surface area contributed by atoms with Crippen molar-refractivity contribution >= 4 is 23.2 Å². The predicted octanol–water partition coefficient (Wildman–Crippen LogP) is 4.00. The molecule has 2 aliphatic heterocycles. The van der Waals surface area contributed by atoms with Crippen molar-refractivity contribution in [2.24, 2.45) is 0 Å². The number of fused-ring (bicyclic) bond motifs is 1. The van der Waals surface area contributed by atoms with Gasteiger partial charge in [0, 0.05) is 17.1 Å². The molecule has 2 atom stereocenters. The highest BCUT2D eigenvalue weighted by molar-refractivity contribution is 6.31. The van der Waals surface area contributed by atoms with Crippen LogP contribution in [0.15, 0.2) is 42.5 Å². The minimum Gasteiger partial charge on any atom is -0.495 e. The molecular formula is C19H18ClFN2O2. The monoisotopic (exact) mass is 360 g/mol. The van der Waals surface area contributed by atoms with Gasteiger partial charge in [-0.3, -0.25) is 14.6 Å². The van der Waals surface area contributed by atoms with Crippen molar-refractivity contribution in [3.8, 4) is 5.75 Å². The van der Waals surface area contributed by atoms with Crippen molar-refractivity contribution in [2.75, 3.05) is 18.6 Å². The fourth-order valence-electron chi connectivity index (χ4n) is 3.88. The molecule has 6 heteroatoms. The van der Waals surface area contributed by atoms with E-state index in [1.165, 1.54) is 6.07 Å². The number of carbonyl (C=O) groups excluding carboxylic acids is 1. The Balaban J connectivity index is 1.89. The molecule has 0 spiro atoms. The van der Waals surface area contributed by atoms with Crippen LogP contribution in [0.25, 0.3) is 0 Å². The molecule has 2 heterocycles. The lowest BCUT2D eigenvalue weighted by Gasteiger charge is -2.30. The highest BCUT2D eigenvalue weighted by atomic mass is 35.5. The van der Waals surface area contributed by atoms with E-state index in [0.29, 0.717) is 22.0 Å². The summed E-state index contributed by atoms with van der Waals surface area (Å²) in [5.74, 6) is 0.186. The third-order valence-electron chi connectivity index (χ3n) is 4.96. The standard InChI is InChI=1S/C19H18ClFN2O2/c1-25-17-9-8-12(20)11-16(17)23-18(13-5-2-3-6-14(13)21)22-10-4-7-15(22)19(23)24/h2-3,5-6,8-9,11,15,18H,4,7,10H2,1H3/t15-,18+/m0/s1. The van der Waals surface area contributed by atoms with E-state index >= 15 is 0 Å². The molecule has 2 aliphatic rings. The second-order valence-electron chi connectivity index (χ2n) is 6.32. The van der Waals surface area contributed by atoms with Gasteiger partial charge in [-0.1, -0.05) is 29.8 Å². The zero-order valence-corrected chi connectivity index (χ0v) is 14.5. The SMILES string of the molecule is COc1ccc(Cl)cc1N1C(=O)[C@@H]2CCCN2[C@H]1c1ccccc1F. The smallest absolute Gasteiger partial charge is 0.246 e. The first-order valence-electron chi connectivity index (χ1n) is 8.28. The Labute approximate surface area is 150 Å². The minimum absolute atomic E-state index is 0.0358. The zero-order chi connectivity index (χ0) is 17.6. The van der Waals surface area contributed by atoms with E-state index in [1.807, 2.05) is 0 Å². The second-order valence-corrected chi connectivity index (χ2v) is 6.75. The maximum absolute atomic E-state index is 14.6. The van der Waals surface area contributed by atoms with Crippen LogP contribution < -0.4 is 9.64 Å². The molecule has 4 rings (SSSR count). The molecule has 2 fully saturated rings. The Morgan fingerprint density at radius 1 is 1.24 bits per heavy atom. The van der Waals surface area contributed by atoms with Gasteiger partial charge in [-0.2, -0.15) is 0 Å². The molecular weight excluding hydrogens is 343 g/mol. The molecule has 0 aliphatic carbocycles. The summed E-state index contributed by atoms with van der Waals surface area (Å²) >= 11 is 6.16. The van der Waals surface area contributed by atoms with Crippen molar-refractivity contribution in [1.82, 2.24) is 4.90 Å². The Bertz CT molecular complexity index is 829. The number of halogens is 2. The molecule has 2 aromatic carbocycles. The number of ether oxygens (including phenoxy) is 1. The fraction of sp³-hybridized carbons (Fsp3) is 0.316. The summed E-state index contributed by atoms with van der Waals surface area (Å²) in [7, 11) is 1.55. The quantitative estimate of drug-likeness (QED) is 0.829. The van der Waals surface area contributed by atoms with Crippen LogP contribution in [0.4, 0.5) is 10.1 Å². The van der Waals surface area contributed by atoms with Gasteiger partial charge in [-0.15, -0.1) is 0 Å². The summed E-state index contributed by atoms with van der Waals surface area (Å²) in [6, 6.07) is 11.5. The Hall–Kier alpha value is -2.11. The van der Waals surface area contributed by atoms with E-state index < -0.39 is 6.17 Å². The number of rotatable bonds is 3. The van der Waals surface area contributed by atoms with E-state index in [2.05, 4.69) is 4.90 Å². The molecule has 0 N–H and O–H groups in total. The molecule has 4 nitrogen and oxygen atoms in total. The average Bonchev–Trinajstić information content (AvgIpc) is 3.18. The van der Waals surface area contributed by atoms with E-state index in [1.54, 1.807) is 48.4 Å². The lowest BCUT2D eigenvalue weighted by molar-refractivity contribution is -0.119. The lowest BCUT2D eigenvalue weighted by atomic mass is 10.1. The number of methoxy groups -OCH3 is 1. The summed E-state index contributed by atoms with van der Waals surface area (Å²) in [4.78, 5) is 16.8. The first-order valence-corrected chi connectivity index (χ1v) is 8.66. The maximum atomic E-state index is 14.6. The highest BCUT2D eigenvalue weighted by Gasteiger charge is 2.50. The first kappa shape index (κ1) is 16.4. The van der Waals surface area contributed by atoms with Gasteiger partial charge in [-0.05, 0) is 37.1 Å². The van der Waals surface area contributed by atoms with Crippen LogP contribution in [-0.4, -0.2) is 30.5 Å². The molecule has 2 aromatic rings. The Morgan fingerprint density at radius 2 is 2.04 bits per heavy atom. The van der Waals surface area contributed by atoms with Gasteiger partial charge in [0.05, 0.1) is 18.8 Å². The minimum atomic E-state index is -0.492. The number of hydrogen-bond donors (Lipinski definition) is 0. The predicted molar refractivity (Wildman–Crippen MR) is 94.4 cm³/mol. The molecule has 0 saturated carbocycles. The van der Waals surface area contributed by atoms with Crippen LogP contribution in [-0.2, 0) is 4.79 Å². The van der Waals surface area contributed by atoms with Crippen LogP contribution in [0.2, 0.25) is 5.02 Å². The molecule has 0 radical (unpaired) electrons. The van der Waals surface area contributed by atoms with E-state index in [0.717, 1.165) is 19.4 Å². The van der Waals surface area contributed by atoms with Crippen molar-refractivity contribution in [2.45, 2.75) is 25.0 Å². The summed E-state index contributed by atoms with van der Waals surface area (Å²) in [6.07, 6.45) is 1.22. The van der Waals surface area contributed by atoms with E-state index in [9.17, 15) is 9.18 Å². The van der Waals surface area contributed by atoms with Crippen LogP contribution >= 0.6 is 11.6 Å². The lowest BCUT2D eigenvalue weighted by Crippen LogP contribution is -2.33. The Morgan fingerprint density at radius 3 is 2.80 bits per heavy atom. The molecule has 130 valence electrons. The van der Waals surface area contributed by atoms with Crippen LogP contribution in [0, 0.1) is 5.82 Å². The highest BCUT2D eigenvalue weighted by Crippen LogP contribution is 2.46. The summed E-state index contributed by atoms with van der Waals surface area (Å²) < 4.78 is 20.0. The number of carbonyl (C=O) groups is 1. The van der Waals surface area contributed by atoms with Crippen LogP contribution in [0.5, 0.6) is 5.75 Å². The van der Waals surface area contributed by atoms with Crippen molar-refractivity contribution in [3.05, 3.63) is 58.9 Å². The molecule has 0 unspecified atom stereocenters. The van der Waals surface area contributed by atoms with Gasteiger partial charge in [-0.25, -0.2) is 4.39 Å². The second kappa shape index (κ2) is 6.32. The van der Waals surface area contributed by atoms with E-state index in [4.69, 9.17) is 16.3 Å². The molecule has 0 aromatic heterocycles. The van der Waals surface area contributed by atoms with Gasteiger partial charge in [0.15, 0.2) is 0 Å². The zero-order valence-electron chi connectivity index (χ0n) is 13.8. The summed E-state index contributed by atoms with van der Waals surface area (Å²) in [5, 5.41) is 0.503. The van der Waals surface area contributed by atoms with Crippen LogP contribution in [0.1, 0.15) is 24.6 Å². The number of benzene rings is 2. The van der Waals surface area contributed by atoms with Crippen LogP contribution in [0.3, 0.4) is 0 Å². The number of hydrogen-bond acceptors (Lipinski definition) is 3. The third-order valence-corrected chi connectivity index (χ3v) is 5.19. The molecule has 1 amide bonds. The average molecular weight is 361 g/mol. The van der Waals surface area contributed by atoms with Gasteiger partial charge in [0.25, 0.3) is 0 Å². The van der Waals surface area contributed by atoms with Crippen molar-refractivity contribution in [3.63, 3.8) is 0 Å². The number of nitrogens with zero attached hydrogens (tertiary/aromatic N) is 2. The van der Waals surface area contributed by atoms with E-state index in [-0.39, 0.29) is 17.8 Å². The topological polar surface area (TPSA) is 32.8 Å². The van der Waals surface area contributed by atoms with Gasteiger partial charge in [0.1, 0.15) is 17.7 Å². The first-order chi connectivity index (χ1) is 12.1. The van der Waals surface area contributed by atoms with Gasteiger partial charge in [0.2, 0.25) is 5.91 Å². The van der Waals surface area contributed by atoms with Gasteiger partial charge < -0.3 is 4.74 Å². The van der Waals surface area contributed by atoms with Gasteiger partial charge >= 0.3 is 0 Å². The number of amides is 1. The molecule has 25 heavy (non-hydrogen) atoms. The summed E-state index contributed by atoms with van der Waals surface area (Å²) in [6.45, 7) is 0.759. The van der Waals surface area contributed by atoms with Crippen molar-refractivity contribution < 1.29 is 13.9 Å². The summed E-state index contributed by atoms with van der Waals surface area (Å²) in [5.41, 5.74) is 1.06. The van der Waals surface area contributed by atoms with Crippen molar-refractivity contribution in [1.29, 1.82) is 0 Å². The maximum Gasteiger partial charge on any atom is 0.246 e. The Kier molecular flexibility index (Phi) is 4.13. The third kappa shape index (κ3) is 2.58. The molecule has 2 saturated heterocycles. The largest absolute Gasteiger partial charge is 0.495 e. The molecule has 0 bridgehead atoms. The normalized spacial score (nSPS) is 23.2. The fourth-order valence-corrected chi connectivity index (χ4v) is 4.05. The number of anilines is 1.